The van der Waals surface area contributed by atoms with E-state index in [1.807, 2.05) is 10.7 Å². The number of morpholine rings is 1. The Kier molecular flexibility index (Phi) is 4.05. The van der Waals surface area contributed by atoms with Crippen LogP contribution in [-0.4, -0.2) is 53.5 Å². The molecule has 8 nitrogen and oxygen atoms in total. The van der Waals surface area contributed by atoms with Crippen LogP contribution in [0, 0.1) is 5.92 Å². The Balaban J connectivity index is 1.41. The van der Waals surface area contributed by atoms with Crippen molar-refractivity contribution in [3.05, 3.63) is 47.2 Å². The van der Waals surface area contributed by atoms with E-state index in [2.05, 4.69) is 49.9 Å². The highest BCUT2D eigenvalue weighted by Gasteiger charge is 2.34. The number of nitrogens with one attached hydrogen (secondary N) is 2. The van der Waals surface area contributed by atoms with Gasteiger partial charge >= 0.3 is 0 Å². The maximum absolute atomic E-state index is 12.4. The third-order valence-electron chi connectivity index (χ3n) is 5.39. The first kappa shape index (κ1) is 16.3. The fourth-order valence-electron chi connectivity index (χ4n) is 3.92. The van der Waals surface area contributed by atoms with Crippen molar-refractivity contribution in [2.45, 2.75) is 13.0 Å². The maximum Gasteiger partial charge on any atom is 0.267 e. The summed E-state index contributed by atoms with van der Waals surface area (Å²) in [6, 6.07) is 10.4. The summed E-state index contributed by atoms with van der Waals surface area (Å²) in [6.45, 7) is 4.19. The summed E-state index contributed by atoms with van der Waals surface area (Å²) in [5.74, 6) is 1.51. The molecule has 8 heteroatoms. The second kappa shape index (κ2) is 6.70. The number of nitrogens with zero attached hydrogens (tertiary/aromatic N) is 4. The molecular formula is C19H22N6O2. The van der Waals surface area contributed by atoms with Gasteiger partial charge in [0.05, 0.1) is 19.8 Å². The number of anilines is 2. The molecule has 0 saturated carbocycles. The molecule has 1 aromatic carbocycles. The van der Waals surface area contributed by atoms with Gasteiger partial charge in [-0.3, -0.25) is 4.79 Å². The molecule has 0 spiro atoms. The zero-order valence-electron chi connectivity index (χ0n) is 15.0. The first-order valence-electron chi connectivity index (χ1n) is 9.37. The van der Waals surface area contributed by atoms with Gasteiger partial charge in [-0.2, -0.15) is 4.98 Å². The molecule has 2 N–H and O–H groups in total. The molecule has 27 heavy (non-hydrogen) atoms. The van der Waals surface area contributed by atoms with Gasteiger partial charge in [0.2, 0.25) is 11.9 Å². The van der Waals surface area contributed by atoms with Gasteiger partial charge in [0, 0.05) is 25.6 Å². The topological polar surface area (TPSA) is 84.3 Å². The molecule has 1 atom stereocenters. The molecule has 2 aromatic rings. The predicted octanol–water partition coefficient (Wildman–Crippen LogP) is 0.783. The third kappa shape index (κ3) is 3.06. The molecule has 1 amide bonds. The largest absolute Gasteiger partial charge is 0.378 e. The summed E-state index contributed by atoms with van der Waals surface area (Å²) in [5, 5.41) is 10.9. The Hall–Kier alpha value is -2.87. The minimum absolute atomic E-state index is 0.0588. The normalized spacial score (nSPS) is 22.0. The number of fused-ring (bicyclic) bond motifs is 1. The van der Waals surface area contributed by atoms with Crippen LogP contribution >= 0.6 is 0 Å². The maximum atomic E-state index is 12.4. The third-order valence-corrected chi connectivity index (χ3v) is 5.39. The number of carbonyl (C=O) groups is 1. The lowest BCUT2D eigenvalue weighted by Crippen LogP contribution is -2.43. The quantitative estimate of drug-likeness (QED) is 0.835. The van der Waals surface area contributed by atoms with Gasteiger partial charge < -0.3 is 20.3 Å². The molecule has 0 bridgehead atoms. The van der Waals surface area contributed by atoms with E-state index in [1.165, 1.54) is 5.56 Å². The number of hydrogen-bond acceptors (Lipinski definition) is 6. The molecule has 1 aromatic heterocycles. The molecule has 0 radical (unpaired) electrons. The van der Waals surface area contributed by atoms with Crippen LogP contribution in [0.15, 0.2) is 41.6 Å². The molecule has 3 aliphatic heterocycles. The van der Waals surface area contributed by atoms with Crippen LogP contribution in [0.2, 0.25) is 0 Å². The highest BCUT2D eigenvalue weighted by molar-refractivity contribution is 5.98. The number of amides is 1. The molecule has 1 fully saturated rings. The second-order valence-electron chi connectivity index (χ2n) is 7.11. The van der Waals surface area contributed by atoms with E-state index in [1.54, 1.807) is 0 Å². The summed E-state index contributed by atoms with van der Waals surface area (Å²) < 4.78 is 7.28. The van der Waals surface area contributed by atoms with Crippen molar-refractivity contribution in [1.29, 1.82) is 0 Å². The Bertz CT molecular complexity index is 885. The van der Waals surface area contributed by atoms with E-state index in [4.69, 9.17) is 4.74 Å². The summed E-state index contributed by atoms with van der Waals surface area (Å²) in [5.41, 5.74) is 3.01. The van der Waals surface area contributed by atoms with Gasteiger partial charge in [-0.15, -0.1) is 5.10 Å². The predicted molar refractivity (Wildman–Crippen MR) is 100 cm³/mol. The highest BCUT2D eigenvalue weighted by Crippen LogP contribution is 2.31. The smallest absolute Gasteiger partial charge is 0.267 e. The zero-order valence-corrected chi connectivity index (χ0v) is 15.0. The average molecular weight is 366 g/mol. The molecule has 1 unspecified atom stereocenters. The van der Waals surface area contributed by atoms with Crippen molar-refractivity contribution in [3.63, 3.8) is 0 Å². The minimum atomic E-state index is -0.0588. The van der Waals surface area contributed by atoms with Crippen LogP contribution in [0.1, 0.15) is 5.56 Å². The fourth-order valence-corrected chi connectivity index (χ4v) is 3.92. The summed E-state index contributed by atoms with van der Waals surface area (Å²) in [7, 11) is 0. The molecule has 5 rings (SSSR count). The minimum Gasteiger partial charge on any atom is -0.378 e. The van der Waals surface area contributed by atoms with Crippen molar-refractivity contribution in [3.8, 4) is 0 Å². The molecule has 140 valence electrons. The molecule has 1 saturated heterocycles. The van der Waals surface area contributed by atoms with Crippen LogP contribution in [0.25, 0.3) is 0 Å². The van der Waals surface area contributed by atoms with E-state index in [0.717, 1.165) is 25.1 Å². The van der Waals surface area contributed by atoms with Crippen molar-refractivity contribution in [1.82, 2.24) is 20.1 Å². The van der Waals surface area contributed by atoms with Crippen LogP contribution < -0.4 is 15.5 Å². The Morgan fingerprint density at radius 2 is 2.00 bits per heavy atom. The fraction of sp³-hybridized carbons (Fsp3) is 0.421. The monoisotopic (exact) mass is 366 g/mol. The lowest BCUT2D eigenvalue weighted by atomic mass is 9.87. The number of carbonyl (C=O) groups excluding carboxylic acids is 1. The first-order valence-corrected chi connectivity index (χ1v) is 9.37. The van der Waals surface area contributed by atoms with Crippen molar-refractivity contribution < 1.29 is 9.53 Å². The van der Waals surface area contributed by atoms with E-state index in [0.29, 0.717) is 43.9 Å². The number of hydrogen-bond donors (Lipinski definition) is 2. The van der Waals surface area contributed by atoms with Crippen molar-refractivity contribution >= 4 is 17.8 Å². The molecular weight excluding hydrogens is 344 g/mol. The SMILES string of the molecule is O=C1NCC(Cc2ccccc2)C2=C1Nc1nc(N3CCOCC3)nn1C2. The van der Waals surface area contributed by atoms with Crippen molar-refractivity contribution in [2.24, 2.45) is 5.92 Å². The summed E-state index contributed by atoms with van der Waals surface area (Å²) in [6.07, 6.45) is 0.891. The van der Waals surface area contributed by atoms with Crippen molar-refractivity contribution in [2.75, 3.05) is 43.1 Å². The lowest BCUT2D eigenvalue weighted by molar-refractivity contribution is -0.118. The number of ether oxygens (including phenoxy) is 1. The first-order chi connectivity index (χ1) is 13.3. The number of rotatable bonds is 3. The molecule has 3 aliphatic rings. The highest BCUT2D eigenvalue weighted by atomic mass is 16.5. The Labute approximate surface area is 157 Å². The number of aromatic nitrogens is 3. The van der Waals surface area contributed by atoms with Crippen LogP contribution in [0.3, 0.4) is 0 Å². The van der Waals surface area contributed by atoms with Gasteiger partial charge in [-0.1, -0.05) is 30.3 Å². The molecule has 4 heterocycles. The summed E-state index contributed by atoms with van der Waals surface area (Å²) >= 11 is 0. The molecule has 0 aliphatic carbocycles. The lowest BCUT2D eigenvalue weighted by Gasteiger charge is -2.32. The van der Waals surface area contributed by atoms with Gasteiger partial charge in [0.1, 0.15) is 5.70 Å². The number of benzene rings is 1. The van der Waals surface area contributed by atoms with Gasteiger partial charge in [0.25, 0.3) is 5.91 Å². The van der Waals surface area contributed by atoms with Crippen LogP contribution in [-0.2, 0) is 22.5 Å². The standard InChI is InChI=1S/C19H22N6O2/c26-17-16-15(14(11-20-17)10-13-4-2-1-3-5-13)12-25-18(21-16)22-19(23-25)24-6-8-27-9-7-24/h1-5,14H,6-12H2,(H,20,26)(H,21,22,23). The van der Waals surface area contributed by atoms with E-state index >= 15 is 0 Å². The zero-order chi connectivity index (χ0) is 18.2. The van der Waals surface area contributed by atoms with E-state index in [9.17, 15) is 4.79 Å². The van der Waals surface area contributed by atoms with Gasteiger partial charge in [-0.05, 0) is 17.6 Å². The van der Waals surface area contributed by atoms with E-state index < -0.39 is 0 Å². The van der Waals surface area contributed by atoms with Gasteiger partial charge in [-0.25, -0.2) is 4.68 Å². The van der Waals surface area contributed by atoms with Gasteiger partial charge in [0.15, 0.2) is 0 Å². The average Bonchev–Trinajstić information content (AvgIpc) is 3.14. The van der Waals surface area contributed by atoms with Crippen LogP contribution in [0.5, 0.6) is 0 Å². The van der Waals surface area contributed by atoms with E-state index in [-0.39, 0.29) is 11.8 Å². The van der Waals surface area contributed by atoms with Crippen LogP contribution in [0.4, 0.5) is 11.9 Å². The Morgan fingerprint density at radius 3 is 2.81 bits per heavy atom. The second-order valence-corrected chi connectivity index (χ2v) is 7.11. The Morgan fingerprint density at radius 1 is 1.19 bits per heavy atom. The summed E-state index contributed by atoms with van der Waals surface area (Å²) in [4.78, 5) is 19.2.